The van der Waals surface area contributed by atoms with Crippen molar-refractivity contribution in [3.8, 4) is 5.75 Å². The number of carboxylic acid groups (broad SMARTS) is 1. The molecule has 0 fully saturated rings. The van der Waals surface area contributed by atoms with E-state index in [1.165, 1.54) is 12.1 Å². The number of benzene rings is 1. The van der Waals surface area contributed by atoms with Gasteiger partial charge in [0.05, 0.1) is 12.6 Å². The molecule has 0 aliphatic rings. The van der Waals surface area contributed by atoms with Gasteiger partial charge in [0.1, 0.15) is 11.8 Å². The van der Waals surface area contributed by atoms with Crippen molar-refractivity contribution in [3.63, 3.8) is 0 Å². The van der Waals surface area contributed by atoms with Gasteiger partial charge in [-0.1, -0.05) is 25.5 Å². The van der Waals surface area contributed by atoms with Crippen LogP contribution in [0.2, 0.25) is 0 Å². The molecule has 0 saturated carbocycles. The maximum Gasteiger partial charge on any atom is 0.573 e. The molecule has 0 bridgehead atoms. The average Bonchev–Trinajstić information content (AvgIpc) is 2.50. The van der Waals surface area contributed by atoms with E-state index in [9.17, 15) is 22.8 Å². The lowest BCUT2D eigenvalue weighted by atomic mass is 10.1. The fourth-order valence-corrected chi connectivity index (χ4v) is 2.15. The summed E-state index contributed by atoms with van der Waals surface area (Å²) in [6.45, 7) is 3.33. The number of carboxylic acids is 1. The fourth-order valence-electron chi connectivity index (χ4n) is 2.15. The molecule has 26 heavy (non-hydrogen) atoms. The van der Waals surface area contributed by atoms with Crippen LogP contribution in [0, 0.1) is 0 Å². The largest absolute Gasteiger partial charge is 0.573 e. The van der Waals surface area contributed by atoms with Gasteiger partial charge < -0.3 is 15.2 Å². The van der Waals surface area contributed by atoms with Crippen molar-refractivity contribution >= 4 is 24.3 Å². The lowest BCUT2D eigenvalue weighted by molar-refractivity contribution is -0.274. The van der Waals surface area contributed by atoms with E-state index in [1.54, 1.807) is 6.92 Å². The number of carbonyl (C=O) groups is 2. The highest BCUT2D eigenvalue weighted by Crippen LogP contribution is 2.24. The van der Waals surface area contributed by atoms with Crippen molar-refractivity contribution in [1.82, 2.24) is 10.6 Å². The molecule has 1 amide bonds. The number of halogens is 4. The van der Waals surface area contributed by atoms with Crippen molar-refractivity contribution in [2.75, 3.05) is 6.54 Å². The van der Waals surface area contributed by atoms with Gasteiger partial charge in [0, 0.05) is 0 Å². The predicted molar refractivity (Wildman–Crippen MR) is 91.3 cm³/mol. The number of hydrogen-bond donors (Lipinski definition) is 3. The fraction of sp³-hybridized carbons (Fsp3) is 0.500. The molecule has 1 aromatic carbocycles. The number of nitrogens with one attached hydrogen (secondary N) is 2. The third kappa shape index (κ3) is 8.91. The number of rotatable bonds is 9. The molecule has 2 unspecified atom stereocenters. The van der Waals surface area contributed by atoms with Crippen LogP contribution < -0.4 is 15.4 Å². The van der Waals surface area contributed by atoms with Gasteiger partial charge in [0.2, 0.25) is 5.91 Å². The monoisotopic (exact) mass is 398 g/mol. The summed E-state index contributed by atoms with van der Waals surface area (Å²) < 4.78 is 40.1. The molecule has 0 heterocycles. The molecule has 0 aliphatic carbocycles. The van der Waals surface area contributed by atoms with E-state index in [0.717, 1.165) is 12.1 Å². The second kappa shape index (κ2) is 10.9. The van der Waals surface area contributed by atoms with E-state index in [0.29, 0.717) is 18.4 Å². The summed E-state index contributed by atoms with van der Waals surface area (Å²) in [5.74, 6) is -1.78. The van der Waals surface area contributed by atoms with Crippen molar-refractivity contribution in [2.45, 2.75) is 45.1 Å². The maximum absolute atomic E-state index is 12.1. The summed E-state index contributed by atoms with van der Waals surface area (Å²) in [5.41, 5.74) is 0.589. The van der Waals surface area contributed by atoms with Crippen LogP contribution in [0.4, 0.5) is 13.2 Å². The number of ether oxygens (including phenoxy) is 1. The molecule has 148 valence electrons. The minimum absolute atomic E-state index is 0. The zero-order valence-corrected chi connectivity index (χ0v) is 15.1. The summed E-state index contributed by atoms with van der Waals surface area (Å²) in [5, 5.41) is 14.3. The van der Waals surface area contributed by atoms with Crippen LogP contribution in [0.3, 0.4) is 0 Å². The highest BCUT2D eigenvalue weighted by Gasteiger charge is 2.31. The lowest BCUT2D eigenvalue weighted by Gasteiger charge is -2.17. The Balaban J connectivity index is 0.00000625. The number of aliphatic carboxylic acids is 1. The Morgan fingerprint density at radius 3 is 2.27 bits per heavy atom. The van der Waals surface area contributed by atoms with Gasteiger partial charge in [-0.2, -0.15) is 0 Å². The molecule has 10 heteroatoms. The molecule has 0 saturated heterocycles. The first-order valence-corrected chi connectivity index (χ1v) is 7.73. The number of hydrogen-bond acceptors (Lipinski definition) is 4. The molecule has 0 spiro atoms. The van der Waals surface area contributed by atoms with E-state index < -0.39 is 30.3 Å². The molecular formula is C16H22ClF3N2O4. The molecule has 2 atom stereocenters. The Bertz CT molecular complexity index is 582. The third-order valence-electron chi connectivity index (χ3n) is 3.38. The summed E-state index contributed by atoms with van der Waals surface area (Å²) >= 11 is 0. The van der Waals surface area contributed by atoms with Crippen molar-refractivity contribution < 1.29 is 32.6 Å². The van der Waals surface area contributed by atoms with E-state index in [4.69, 9.17) is 5.11 Å². The maximum atomic E-state index is 12.1. The van der Waals surface area contributed by atoms with Gasteiger partial charge in [-0.15, -0.1) is 25.6 Å². The highest BCUT2D eigenvalue weighted by atomic mass is 35.5. The molecule has 0 aromatic heterocycles. The quantitative estimate of drug-likeness (QED) is 0.595. The second-order valence-electron chi connectivity index (χ2n) is 5.47. The number of alkyl halides is 3. The summed E-state index contributed by atoms with van der Waals surface area (Å²) in [6, 6.07) is 3.89. The summed E-state index contributed by atoms with van der Waals surface area (Å²) in [4.78, 5) is 22.9. The van der Waals surface area contributed by atoms with Gasteiger partial charge in [0.25, 0.3) is 0 Å². The molecule has 6 nitrogen and oxygen atoms in total. The SMILES string of the molecule is CCCC(NCC(=O)NC(C)c1ccc(OC(F)(F)F)cc1)C(=O)O.Cl. The molecule has 3 N–H and O–H groups in total. The Morgan fingerprint density at radius 2 is 1.81 bits per heavy atom. The number of amides is 1. The molecule has 1 aromatic rings. The van der Waals surface area contributed by atoms with Crippen molar-refractivity contribution in [3.05, 3.63) is 29.8 Å². The highest BCUT2D eigenvalue weighted by molar-refractivity contribution is 5.85. The average molecular weight is 399 g/mol. The van der Waals surface area contributed by atoms with E-state index in [-0.39, 0.29) is 24.7 Å². The van der Waals surface area contributed by atoms with Crippen LogP contribution in [-0.4, -0.2) is 35.9 Å². The first kappa shape index (κ1) is 24.0. The zero-order valence-electron chi connectivity index (χ0n) is 14.3. The smallest absolute Gasteiger partial charge is 0.480 e. The zero-order chi connectivity index (χ0) is 19.0. The van der Waals surface area contributed by atoms with E-state index >= 15 is 0 Å². The van der Waals surface area contributed by atoms with E-state index in [1.807, 2.05) is 6.92 Å². The van der Waals surface area contributed by atoms with Gasteiger partial charge in [-0.3, -0.25) is 14.9 Å². The topological polar surface area (TPSA) is 87.7 Å². The van der Waals surface area contributed by atoms with Crippen LogP contribution in [0.25, 0.3) is 0 Å². The Labute approximate surface area is 155 Å². The minimum Gasteiger partial charge on any atom is -0.480 e. The summed E-state index contributed by atoms with van der Waals surface area (Å²) in [7, 11) is 0. The molecule has 0 aliphatic heterocycles. The van der Waals surface area contributed by atoms with Crippen molar-refractivity contribution in [2.24, 2.45) is 0 Å². The van der Waals surface area contributed by atoms with Crippen LogP contribution in [0.15, 0.2) is 24.3 Å². The Kier molecular flexibility index (Phi) is 10.0. The summed E-state index contributed by atoms with van der Waals surface area (Å²) in [6.07, 6.45) is -3.70. The van der Waals surface area contributed by atoms with Gasteiger partial charge >= 0.3 is 12.3 Å². The molecule has 1 rings (SSSR count). The number of carbonyl (C=O) groups excluding carboxylic acids is 1. The normalized spacial score (nSPS) is 13.3. The third-order valence-corrected chi connectivity index (χ3v) is 3.38. The van der Waals surface area contributed by atoms with Crippen molar-refractivity contribution in [1.29, 1.82) is 0 Å². The standard InChI is InChI=1S/C16H21F3N2O4.ClH/c1-3-4-13(15(23)24)20-9-14(22)21-10(2)11-5-7-12(8-6-11)25-16(17,18)19;/h5-8,10,13,20H,3-4,9H2,1-2H3,(H,21,22)(H,23,24);1H. The van der Waals surface area contributed by atoms with Crippen LogP contribution in [0.1, 0.15) is 38.3 Å². The van der Waals surface area contributed by atoms with Gasteiger partial charge in [0.15, 0.2) is 0 Å². The van der Waals surface area contributed by atoms with Crippen LogP contribution >= 0.6 is 12.4 Å². The van der Waals surface area contributed by atoms with Gasteiger partial charge in [-0.25, -0.2) is 0 Å². The first-order valence-electron chi connectivity index (χ1n) is 7.73. The second-order valence-corrected chi connectivity index (χ2v) is 5.47. The molecule has 0 radical (unpaired) electrons. The molecular weight excluding hydrogens is 377 g/mol. The minimum atomic E-state index is -4.76. The van der Waals surface area contributed by atoms with E-state index in [2.05, 4.69) is 15.4 Å². The Hall–Kier alpha value is -2.00. The lowest BCUT2D eigenvalue weighted by Crippen LogP contribution is -2.43. The first-order chi connectivity index (χ1) is 11.6. The van der Waals surface area contributed by atoms with Crippen LogP contribution in [-0.2, 0) is 9.59 Å². The Morgan fingerprint density at radius 1 is 1.23 bits per heavy atom. The predicted octanol–water partition coefficient (Wildman–Crippen LogP) is 3.03. The van der Waals surface area contributed by atoms with Gasteiger partial charge in [-0.05, 0) is 31.0 Å². The van der Waals surface area contributed by atoms with Crippen LogP contribution in [0.5, 0.6) is 5.75 Å².